The highest BCUT2D eigenvalue weighted by Crippen LogP contribution is 2.35. The third-order valence-corrected chi connectivity index (χ3v) is 4.09. The number of aromatic amines is 2. The lowest BCUT2D eigenvalue weighted by atomic mass is 10.0. The number of H-pyrrole nitrogens is 2. The van der Waals surface area contributed by atoms with Crippen molar-refractivity contribution in [2.24, 2.45) is 0 Å². The smallest absolute Gasteiger partial charge is 0.352 e. The summed E-state index contributed by atoms with van der Waals surface area (Å²) in [6.07, 6.45) is 0. The summed E-state index contributed by atoms with van der Waals surface area (Å²) in [5.74, 6) is -3.52. The van der Waals surface area contributed by atoms with Crippen LogP contribution in [0.25, 0.3) is 32.8 Å². The van der Waals surface area contributed by atoms with Crippen LogP contribution in [0.5, 0.6) is 0 Å². The van der Waals surface area contributed by atoms with E-state index in [1.165, 1.54) is 6.07 Å². The van der Waals surface area contributed by atoms with Gasteiger partial charge in [0.2, 0.25) is 0 Å². The Bertz CT molecular complexity index is 1280. The number of nitrogens with one attached hydrogen (secondary N) is 2. The van der Waals surface area contributed by atoms with Crippen LogP contribution < -0.4 is 0 Å². The van der Waals surface area contributed by atoms with E-state index in [-0.39, 0.29) is 38.9 Å². The Kier molecular flexibility index (Phi) is 3.01. The molecule has 0 aliphatic rings. The van der Waals surface area contributed by atoms with Gasteiger partial charge in [0.05, 0.1) is 16.6 Å². The third-order valence-electron chi connectivity index (χ3n) is 4.09. The molecule has 10 heteroatoms. The largest absolute Gasteiger partial charge is 0.478 e. The summed E-state index contributed by atoms with van der Waals surface area (Å²) in [4.78, 5) is 48.3. The highest BCUT2D eigenvalue weighted by atomic mass is 16.4. The molecule has 0 saturated heterocycles. The van der Waals surface area contributed by atoms with Crippen molar-refractivity contribution in [3.05, 3.63) is 34.9 Å². The van der Waals surface area contributed by atoms with Crippen LogP contribution in [0, 0.1) is 6.92 Å². The average Bonchev–Trinajstić information content (AvgIpc) is 3.17. The summed E-state index contributed by atoms with van der Waals surface area (Å²) in [5, 5.41) is 28.6. The third kappa shape index (κ3) is 2.02. The molecule has 3 heterocycles. The first-order chi connectivity index (χ1) is 12.3. The number of carbonyl (C=O) groups is 3. The molecule has 5 N–H and O–H groups in total. The molecular weight excluding hydrogens is 344 g/mol. The number of fused-ring (bicyclic) bond motifs is 6. The lowest BCUT2D eigenvalue weighted by Crippen LogP contribution is -2.07. The highest BCUT2D eigenvalue weighted by Gasteiger charge is 2.23. The van der Waals surface area contributed by atoms with Crippen LogP contribution in [-0.2, 0) is 0 Å². The molecule has 0 aliphatic heterocycles. The van der Waals surface area contributed by atoms with E-state index in [0.29, 0.717) is 16.7 Å². The molecule has 0 unspecified atom stereocenters. The predicted octanol–water partition coefficient (Wildman–Crippen LogP) is 2.00. The Hall–Kier alpha value is -3.95. The van der Waals surface area contributed by atoms with Crippen molar-refractivity contribution in [3.63, 3.8) is 0 Å². The van der Waals surface area contributed by atoms with Crippen LogP contribution in [0.15, 0.2) is 12.1 Å². The molecule has 0 spiro atoms. The van der Waals surface area contributed by atoms with Crippen molar-refractivity contribution < 1.29 is 29.7 Å². The minimum absolute atomic E-state index is 0.136. The maximum atomic E-state index is 11.7. The first-order valence-electron chi connectivity index (χ1n) is 7.33. The van der Waals surface area contributed by atoms with Gasteiger partial charge in [0.1, 0.15) is 28.2 Å². The van der Waals surface area contributed by atoms with E-state index in [2.05, 4.69) is 19.9 Å². The maximum absolute atomic E-state index is 11.7. The van der Waals surface area contributed by atoms with Gasteiger partial charge in [0, 0.05) is 10.8 Å². The second-order valence-electron chi connectivity index (χ2n) is 5.70. The topological polar surface area (TPSA) is 169 Å². The van der Waals surface area contributed by atoms with Crippen LogP contribution in [0.2, 0.25) is 0 Å². The standard InChI is InChI=1S/C16H10N4O6/c1-4-17-11-6-3-8(16(25)26)19-10(6)9-5(14(21)22)2-7(15(23)24)20-12(9)13(11)18-4/h2-3,19-20H,1H3,(H,21,22)(H,23,24)(H,25,26). The number of benzene rings is 1. The highest BCUT2D eigenvalue weighted by molar-refractivity contribution is 6.26. The lowest BCUT2D eigenvalue weighted by Gasteiger charge is -2.08. The summed E-state index contributed by atoms with van der Waals surface area (Å²) < 4.78 is 0. The molecule has 0 aliphatic carbocycles. The molecular formula is C16H10N4O6. The van der Waals surface area contributed by atoms with Crippen molar-refractivity contribution in [1.82, 2.24) is 19.9 Å². The number of hydrogen-bond donors (Lipinski definition) is 5. The van der Waals surface area contributed by atoms with Gasteiger partial charge in [-0.1, -0.05) is 0 Å². The van der Waals surface area contributed by atoms with Crippen LogP contribution in [0.1, 0.15) is 37.2 Å². The molecule has 4 rings (SSSR count). The Morgan fingerprint density at radius 3 is 2.04 bits per heavy atom. The molecule has 0 bridgehead atoms. The zero-order valence-electron chi connectivity index (χ0n) is 13.1. The number of pyridine rings is 1. The molecule has 130 valence electrons. The number of carboxylic acids is 3. The fraction of sp³-hybridized carbons (Fsp3) is 0.0625. The first kappa shape index (κ1) is 15.6. The number of aromatic nitrogens is 4. The number of aromatic carboxylic acids is 3. The number of imidazole rings is 1. The second-order valence-corrected chi connectivity index (χ2v) is 5.70. The van der Waals surface area contributed by atoms with E-state index >= 15 is 0 Å². The van der Waals surface area contributed by atoms with E-state index < -0.39 is 17.9 Å². The van der Waals surface area contributed by atoms with Crippen LogP contribution in [-0.4, -0.2) is 53.2 Å². The Balaban J connectivity index is 2.35. The Morgan fingerprint density at radius 2 is 1.42 bits per heavy atom. The van der Waals surface area contributed by atoms with Crippen molar-refractivity contribution in [1.29, 1.82) is 0 Å². The van der Waals surface area contributed by atoms with Crippen molar-refractivity contribution in [2.75, 3.05) is 0 Å². The van der Waals surface area contributed by atoms with Gasteiger partial charge in [-0.15, -0.1) is 0 Å². The first-order valence-corrected chi connectivity index (χ1v) is 7.33. The summed E-state index contributed by atoms with van der Waals surface area (Å²) in [7, 11) is 0. The van der Waals surface area contributed by atoms with Gasteiger partial charge >= 0.3 is 17.9 Å². The monoisotopic (exact) mass is 354 g/mol. The minimum atomic E-state index is -1.35. The van der Waals surface area contributed by atoms with Gasteiger partial charge in [0.15, 0.2) is 0 Å². The molecule has 1 aromatic carbocycles. The van der Waals surface area contributed by atoms with E-state index in [1.54, 1.807) is 6.92 Å². The lowest BCUT2D eigenvalue weighted by molar-refractivity contribution is 0.0678. The fourth-order valence-corrected chi connectivity index (χ4v) is 3.08. The molecule has 0 fully saturated rings. The van der Waals surface area contributed by atoms with E-state index in [0.717, 1.165) is 6.07 Å². The number of carboxylic acid groups (broad SMARTS) is 3. The Labute approximate surface area is 143 Å². The van der Waals surface area contributed by atoms with Crippen molar-refractivity contribution in [3.8, 4) is 0 Å². The second kappa shape index (κ2) is 5.02. The maximum Gasteiger partial charge on any atom is 0.352 e. The fourth-order valence-electron chi connectivity index (χ4n) is 3.08. The van der Waals surface area contributed by atoms with Crippen LogP contribution in [0.4, 0.5) is 0 Å². The predicted molar refractivity (Wildman–Crippen MR) is 88.9 cm³/mol. The molecule has 0 amide bonds. The summed E-state index contributed by atoms with van der Waals surface area (Å²) >= 11 is 0. The number of nitrogens with zero attached hydrogens (tertiary/aromatic N) is 2. The quantitative estimate of drug-likeness (QED) is 0.372. The van der Waals surface area contributed by atoms with Gasteiger partial charge < -0.3 is 25.3 Å². The number of hydrogen-bond acceptors (Lipinski definition) is 5. The number of rotatable bonds is 3. The average molecular weight is 354 g/mol. The Morgan fingerprint density at radius 1 is 0.846 bits per heavy atom. The van der Waals surface area contributed by atoms with Gasteiger partial charge in [-0.2, -0.15) is 0 Å². The number of aryl methyl sites for hydroxylation is 1. The molecule has 3 aromatic heterocycles. The van der Waals surface area contributed by atoms with Crippen molar-refractivity contribution in [2.45, 2.75) is 6.92 Å². The molecule has 10 nitrogen and oxygen atoms in total. The van der Waals surface area contributed by atoms with Gasteiger partial charge in [-0.3, -0.25) is 0 Å². The molecule has 4 aromatic rings. The molecule has 26 heavy (non-hydrogen) atoms. The normalized spacial score (nSPS) is 11.4. The zero-order valence-corrected chi connectivity index (χ0v) is 13.1. The zero-order chi connectivity index (χ0) is 18.7. The summed E-state index contributed by atoms with van der Waals surface area (Å²) in [6, 6.07) is 2.34. The summed E-state index contributed by atoms with van der Waals surface area (Å²) in [6.45, 7) is 1.63. The van der Waals surface area contributed by atoms with Crippen LogP contribution >= 0.6 is 0 Å². The van der Waals surface area contributed by atoms with E-state index in [1.807, 2.05) is 0 Å². The summed E-state index contributed by atoms with van der Waals surface area (Å²) in [5.41, 5.74) is 0.242. The molecule has 0 atom stereocenters. The van der Waals surface area contributed by atoms with E-state index in [9.17, 15) is 29.7 Å². The minimum Gasteiger partial charge on any atom is -0.478 e. The SMILES string of the molecule is Cc1nc2c3cc(C(=O)O)[nH]c3c3c(C(=O)O)cc(C(=O)O)[nH]c3c2n1. The van der Waals surface area contributed by atoms with E-state index in [4.69, 9.17) is 0 Å². The van der Waals surface area contributed by atoms with Gasteiger partial charge in [-0.25, -0.2) is 24.4 Å². The van der Waals surface area contributed by atoms with Gasteiger partial charge in [-0.05, 0) is 19.1 Å². The molecule has 0 radical (unpaired) electrons. The van der Waals surface area contributed by atoms with Gasteiger partial charge in [0.25, 0.3) is 0 Å². The van der Waals surface area contributed by atoms with Crippen molar-refractivity contribution >= 4 is 50.7 Å². The molecule has 0 saturated carbocycles. The van der Waals surface area contributed by atoms with Crippen LogP contribution in [0.3, 0.4) is 0 Å².